The molecule has 0 saturated carbocycles. The topological polar surface area (TPSA) is 49.2 Å². The molecule has 4 heteroatoms. The van der Waals surface area contributed by atoms with E-state index in [1.807, 2.05) is 0 Å². The number of hydrogen-bond acceptors (Lipinski definition) is 4. The van der Waals surface area contributed by atoms with E-state index in [0.29, 0.717) is 0 Å². The average molecular weight is 235 g/mol. The molecular formula is C13H21N3O. The van der Waals surface area contributed by atoms with Gasteiger partial charge >= 0.3 is 0 Å². The number of anilines is 1. The Morgan fingerprint density at radius 2 is 2.18 bits per heavy atom. The number of piperidine rings is 1. The molecule has 0 unspecified atom stereocenters. The molecule has 1 aliphatic heterocycles. The Hall–Kier alpha value is -1.16. The summed E-state index contributed by atoms with van der Waals surface area (Å²) in [5, 5.41) is 9.28. The van der Waals surface area contributed by atoms with E-state index in [4.69, 9.17) is 0 Å². The van der Waals surface area contributed by atoms with Crippen molar-refractivity contribution in [1.82, 2.24) is 9.97 Å². The largest absolute Gasteiger partial charge is 0.391 e. The maximum Gasteiger partial charge on any atom is 0.137 e. The summed E-state index contributed by atoms with van der Waals surface area (Å²) in [6.07, 6.45) is 8.36. The second-order valence-corrected chi connectivity index (χ2v) is 4.75. The zero-order valence-electron chi connectivity index (χ0n) is 10.5. The quantitative estimate of drug-likeness (QED) is 0.867. The van der Waals surface area contributed by atoms with Crippen LogP contribution in [0.15, 0.2) is 12.5 Å². The molecule has 2 heterocycles. The summed E-state index contributed by atoms with van der Waals surface area (Å²) in [7, 11) is 0. The van der Waals surface area contributed by atoms with E-state index in [1.165, 1.54) is 25.7 Å². The molecular weight excluding hydrogens is 214 g/mol. The molecule has 0 amide bonds. The minimum absolute atomic E-state index is 0.0189. The van der Waals surface area contributed by atoms with Crippen LogP contribution >= 0.6 is 0 Å². The van der Waals surface area contributed by atoms with Crippen molar-refractivity contribution in [2.45, 2.75) is 39.2 Å². The van der Waals surface area contributed by atoms with E-state index in [2.05, 4.69) is 21.8 Å². The van der Waals surface area contributed by atoms with E-state index < -0.39 is 0 Å². The van der Waals surface area contributed by atoms with Gasteiger partial charge in [-0.1, -0.05) is 19.8 Å². The van der Waals surface area contributed by atoms with Gasteiger partial charge in [-0.25, -0.2) is 9.97 Å². The molecule has 0 spiro atoms. The maximum absolute atomic E-state index is 9.28. The molecule has 1 saturated heterocycles. The van der Waals surface area contributed by atoms with Crippen molar-refractivity contribution >= 4 is 5.82 Å². The highest BCUT2D eigenvalue weighted by Gasteiger charge is 2.21. The molecule has 0 bridgehead atoms. The number of aliphatic hydroxyl groups is 1. The smallest absolute Gasteiger partial charge is 0.137 e. The van der Waals surface area contributed by atoms with Gasteiger partial charge < -0.3 is 10.0 Å². The molecule has 0 aromatic carbocycles. The van der Waals surface area contributed by atoms with Crippen LogP contribution < -0.4 is 4.90 Å². The standard InChI is InChI=1S/C13H21N3O/c1-2-3-11-4-6-16(7-5-11)13-12(9-17)8-14-10-15-13/h8,10-11,17H,2-7,9H2,1H3. The minimum atomic E-state index is 0.0189. The number of rotatable bonds is 4. The van der Waals surface area contributed by atoms with E-state index in [9.17, 15) is 5.11 Å². The lowest BCUT2D eigenvalue weighted by atomic mass is 9.92. The van der Waals surface area contributed by atoms with Crippen LogP contribution in [0.3, 0.4) is 0 Å². The van der Waals surface area contributed by atoms with Crippen molar-refractivity contribution in [2.75, 3.05) is 18.0 Å². The van der Waals surface area contributed by atoms with Crippen molar-refractivity contribution in [3.8, 4) is 0 Å². The Morgan fingerprint density at radius 3 is 2.82 bits per heavy atom. The lowest BCUT2D eigenvalue weighted by Crippen LogP contribution is -2.34. The Kier molecular flexibility index (Phi) is 4.31. The average Bonchev–Trinajstić information content (AvgIpc) is 2.40. The Morgan fingerprint density at radius 1 is 1.41 bits per heavy atom. The summed E-state index contributed by atoms with van der Waals surface area (Å²) < 4.78 is 0. The highest BCUT2D eigenvalue weighted by atomic mass is 16.3. The van der Waals surface area contributed by atoms with Crippen LogP contribution in [0, 0.1) is 5.92 Å². The third-order valence-corrected chi connectivity index (χ3v) is 3.55. The second kappa shape index (κ2) is 5.96. The number of aliphatic hydroxyl groups excluding tert-OH is 1. The van der Waals surface area contributed by atoms with Gasteiger partial charge in [-0.15, -0.1) is 0 Å². The van der Waals surface area contributed by atoms with Gasteiger partial charge in [0.05, 0.1) is 6.61 Å². The maximum atomic E-state index is 9.28. The Labute approximate surface area is 103 Å². The molecule has 1 N–H and O–H groups in total. The third-order valence-electron chi connectivity index (χ3n) is 3.55. The summed E-state index contributed by atoms with van der Waals surface area (Å²) >= 11 is 0. The van der Waals surface area contributed by atoms with Crippen LogP contribution in [0.1, 0.15) is 38.2 Å². The summed E-state index contributed by atoms with van der Waals surface area (Å²) in [5.41, 5.74) is 0.835. The third kappa shape index (κ3) is 2.94. The molecule has 1 aromatic rings. The fraction of sp³-hybridized carbons (Fsp3) is 0.692. The summed E-state index contributed by atoms with van der Waals surface area (Å²) in [4.78, 5) is 10.5. The SMILES string of the molecule is CCCC1CCN(c2ncncc2CO)CC1. The molecule has 0 aliphatic carbocycles. The normalized spacial score (nSPS) is 17.4. The fourth-order valence-electron chi connectivity index (χ4n) is 2.59. The Balaban J connectivity index is 2.00. The van der Waals surface area contributed by atoms with Gasteiger partial charge in [0.25, 0.3) is 0 Å². The predicted molar refractivity (Wildman–Crippen MR) is 67.8 cm³/mol. The van der Waals surface area contributed by atoms with E-state index in [0.717, 1.165) is 30.4 Å². The van der Waals surface area contributed by atoms with Gasteiger partial charge in [0, 0.05) is 24.8 Å². The van der Waals surface area contributed by atoms with Gasteiger partial charge in [0.15, 0.2) is 0 Å². The van der Waals surface area contributed by atoms with Gasteiger partial charge in [-0.3, -0.25) is 0 Å². The van der Waals surface area contributed by atoms with Gasteiger partial charge in [-0.2, -0.15) is 0 Å². The van der Waals surface area contributed by atoms with E-state index in [-0.39, 0.29) is 6.61 Å². The van der Waals surface area contributed by atoms with Crippen LogP contribution in [0.2, 0.25) is 0 Å². The highest BCUT2D eigenvalue weighted by molar-refractivity contribution is 5.45. The first kappa shape index (κ1) is 12.3. The number of aromatic nitrogens is 2. The van der Waals surface area contributed by atoms with Crippen LogP contribution in [-0.4, -0.2) is 28.2 Å². The minimum Gasteiger partial charge on any atom is -0.391 e. The summed E-state index contributed by atoms with van der Waals surface area (Å²) in [6, 6.07) is 0. The van der Waals surface area contributed by atoms with Crippen molar-refractivity contribution in [3.63, 3.8) is 0 Å². The van der Waals surface area contributed by atoms with Gasteiger partial charge in [0.2, 0.25) is 0 Å². The van der Waals surface area contributed by atoms with Crippen molar-refractivity contribution in [2.24, 2.45) is 5.92 Å². The zero-order valence-corrected chi connectivity index (χ0v) is 10.5. The molecule has 17 heavy (non-hydrogen) atoms. The van der Waals surface area contributed by atoms with Crippen LogP contribution in [0.4, 0.5) is 5.82 Å². The summed E-state index contributed by atoms with van der Waals surface area (Å²) in [5.74, 6) is 1.79. The summed E-state index contributed by atoms with van der Waals surface area (Å²) in [6.45, 7) is 4.37. The number of hydrogen-bond donors (Lipinski definition) is 1. The first-order valence-electron chi connectivity index (χ1n) is 6.49. The number of nitrogens with zero attached hydrogens (tertiary/aromatic N) is 3. The van der Waals surface area contributed by atoms with Gasteiger partial charge in [-0.05, 0) is 18.8 Å². The molecule has 0 radical (unpaired) electrons. The molecule has 1 aliphatic rings. The van der Waals surface area contributed by atoms with Gasteiger partial charge in [0.1, 0.15) is 12.1 Å². The lowest BCUT2D eigenvalue weighted by molar-refractivity contribution is 0.280. The Bertz CT molecular complexity index is 348. The fourth-order valence-corrected chi connectivity index (χ4v) is 2.59. The predicted octanol–water partition coefficient (Wildman–Crippen LogP) is 1.99. The molecule has 2 rings (SSSR count). The zero-order chi connectivity index (χ0) is 12.1. The molecule has 94 valence electrons. The first-order chi connectivity index (χ1) is 8.35. The van der Waals surface area contributed by atoms with E-state index in [1.54, 1.807) is 12.5 Å². The highest BCUT2D eigenvalue weighted by Crippen LogP contribution is 2.26. The van der Waals surface area contributed by atoms with Crippen LogP contribution in [-0.2, 0) is 6.61 Å². The van der Waals surface area contributed by atoms with Crippen LogP contribution in [0.25, 0.3) is 0 Å². The van der Waals surface area contributed by atoms with Crippen molar-refractivity contribution < 1.29 is 5.11 Å². The van der Waals surface area contributed by atoms with Crippen LogP contribution in [0.5, 0.6) is 0 Å². The molecule has 0 atom stereocenters. The van der Waals surface area contributed by atoms with Crippen molar-refractivity contribution in [1.29, 1.82) is 0 Å². The molecule has 4 nitrogen and oxygen atoms in total. The second-order valence-electron chi connectivity index (χ2n) is 4.75. The monoisotopic (exact) mass is 235 g/mol. The lowest BCUT2D eigenvalue weighted by Gasteiger charge is -2.33. The molecule has 1 aromatic heterocycles. The van der Waals surface area contributed by atoms with Crippen molar-refractivity contribution in [3.05, 3.63) is 18.1 Å². The molecule has 1 fully saturated rings. The van der Waals surface area contributed by atoms with E-state index >= 15 is 0 Å². The first-order valence-corrected chi connectivity index (χ1v) is 6.49.